The number of amides is 1. The van der Waals surface area contributed by atoms with Crippen molar-refractivity contribution >= 4 is 61.5 Å². The van der Waals surface area contributed by atoms with Gasteiger partial charge in [-0.15, -0.1) is 0 Å². The summed E-state index contributed by atoms with van der Waals surface area (Å²) in [5.41, 5.74) is 4.11. The maximum Gasteiger partial charge on any atom is 0.274 e. The first-order valence-electron chi connectivity index (χ1n) is 10.5. The minimum Gasteiger partial charge on any atom is -0.368 e. The number of benzene rings is 3. The van der Waals surface area contributed by atoms with E-state index in [9.17, 15) is 4.79 Å². The molecule has 168 valence electrons. The highest BCUT2D eigenvalue weighted by atomic mass is 79.9. The second-order valence-electron chi connectivity index (χ2n) is 7.71. The van der Waals surface area contributed by atoms with Crippen molar-refractivity contribution in [1.82, 2.24) is 10.4 Å². The maximum atomic E-state index is 12.4. The SMILES string of the molecule is O=C(NOCCCN1CCN(c2cccc(Cl)c2Cl)CC1)c1cc(Br)c2ccccc2c1. The molecule has 5 nitrogen and oxygen atoms in total. The Morgan fingerprint density at radius 2 is 1.81 bits per heavy atom. The quantitative estimate of drug-likeness (QED) is 0.307. The van der Waals surface area contributed by atoms with E-state index in [1.165, 1.54) is 0 Å². The number of rotatable bonds is 7. The summed E-state index contributed by atoms with van der Waals surface area (Å²) in [6, 6.07) is 17.3. The molecule has 3 aromatic rings. The van der Waals surface area contributed by atoms with Gasteiger partial charge in [-0.3, -0.25) is 14.5 Å². The average molecular weight is 537 g/mol. The van der Waals surface area contributed by atoms with Crippen LogP contribution in [0.4, 0.5) is 5.69 Å². The predicted molar refractivity (Wildman–Crippen MR) is 135 cm³/mol. The normalized spacial score (nSPS) is 14.7. The molecule has 1 saturated heterocycles. The molecule has 8 heteroatoms. The number of nitrogens with one attached hydrogen (secondary N) is 1. The number of fused-ring (bicyclic) bond motifs is 1. The summed E-state index contributed by atoms with van der Waals surface area (Å²) in [7, 11) is 0. The minimum absolute atomic E-state index is 0.247. The molecule has 1 aliphatic rings. The van der Waals surface area contributed by atoms with Gasteiger partial charge in [-0.25, -0.2) is 5.48 Å². The molecule has 0 radical (unpaired) electrons. The lowest BCUT2D eigenvalue weighted by Crippen LogP contribution is -2.47. The molecule has 32 heavy (non-hydrogen) atoms. The maximum absolute atomic E-state index is 12.4. The molecule has 0 saturated carbocycles. The summed E-state index contributed by atoms with van der Waals surface area (Å²) in [5.74, 6) is -0.247. The second-order valence-corrected chi connectivity index (χ2v) is 9.35. The third-order valence-electron chi connectivity index (χ3n) is 5.60. The van der Waals surface area contributed by atoms with Crippen LogP contribution in [0.3, 0.4) is 0 Å². The fourth-order valence-electron chi connectivity index (χ4n) is 3.88. The Morgan fingerprint density at radius 3 is 2.62 bits per heavy atom. The van der Waals surface area contributed by atoms with Crippen molar-refractivity contribution in [3.05, 3.63) is 74.7 Å². The molecule has 1 amide bonds. The largest absolute Gasteiger partial charge is 0.368 e. The van der Waals surface area contributed by atoms with Crippen molar-refractivity contribution in [3.8, 4) is 0 Å². The van der Waals surface area contributed by atoms with Crippen molar-refractivity contribution in [2.75, 3.05) is 44.2 Å². The molecule has 1 N–H and O–H groups in total. The topological polar surface area (TPSA) is 44.8 Å². The van der Waals surface area contributed by atoms with Crippen molar-refractivity contribution in [3.63, 3.8) is 0 Å². The number of hydrogen-bond donors (Lipinski definition) is 1. The molecule has 0 atom stereocenters. The first-order valence-corrected chi connectivity index (χ1v) is 12.1. The van der Waals surface area contributed by atoms with E-state index in [1.54, 1.807) is 6.07 Å². The highest BCUT2D eigenvalue weighted by Gasteiger charge is 2.19. The molecule has 1 fully saturated rings. The number of piperazine rings is 1. The fourth-order valence-corrected chi connectivity index (χ4v) is 4.90. The zero-order valence-electron chi connectivity index (χ0n) is 17.5. The molecule has 1 heterocycles. The number of hydroxylamine groups is 1. The molecule has 3 aromatic carbocycles. The lowest BCUT2D eigenvalue weighted by Gasteiger charge is -2.36. The van der Waals surface area contributed by atoms with Crippen LogP contribution in [-0.4, -0.2) is 50.1 Å². The van der Waals surface area contributed by atoms with Crippen LogP contribution in [0.25, 0.3) is 10.8 Å². The van der Waals surface area contributed by atoms with E-state index in [1.807, 2.05) is 48.5 Å². The van der Waals surface area contributed by atoms with Gasteiger partial charge < -0.3 is 4.90 Å². The van der Waals surface area contributed by atoms with Gasteiger partial charge >= 0.3 is 0 Å². The van der Waals surface area contributed by atoms with Gasteiger partial charge in [-0.2, -0.15) is 0 Å². The number of carbonyl (C=O) groups is 1. The molecular formula is C24H24BrCl2N3O2. The number of nitrogens with zero attached hydrogens (tertiary/aromatic N) is 2. The van der Waals surface area contributed by atoms with E-state index in [-0.39, 0.29) is 5.91 Å². The van der Waals surface area contributed by atoms with Crippen LogP contribution in [0, 0.1) is 0 Å². The van der Waals surface area contributed by atoms with Crippen molar-refractivity contribution in [2.24, 2.45) is 0 Å². The van der Waals surface area contributed by atoms with Gasteiger partial charge in [0, 0.05) is 42.8 Å². The highest BCUT2D eigenvalue weighted by Crippen LogP contribution is 2.32. The lowest BCUT2D eigenvalue weighted by atomic mass is 10.1. The van der Waals surface area contributed by atoms with Gasteiger partial charge in [-0.05, 0) is 41.5 Å². The molecule has 1 aliphatic heterocycles. The van der Waals surface area contributed by atoms with Gasteiger partial charge in [0.25, 0.3) is 5.91 Å². The summed E-state index contributed by atoms with van der Waals surface area (Å²) in [6.07, 6.45) is 0.833. The minimum atomic E-state index is -0.247. The van der Waals surface area contributed by atoms with Crippen LogP contribution in [-0.2, 0) is 4.84 Å². The molecule has 4 rings (SSSR count). The number of hydrogen-bond acceptors (Lipinski definition) is 4. The van der Waals surface area contributed by atoms with E-state index in [0.29, 0.717) is 22.2 Å². The zero-order valence-corrected chi connectivity index (χ0v) is 20.6. The van der Waals surface area contributed by atoms with E-state index < -0.39 is 0 Å². The number of anilines is 1. The van der Waals surface area contributed by atoms with Crippen LogP contribution in [0.5, 0.6) is 0 Å². The van der Waals surface area contributed by atoms with Crippen molar-refractivity contribution in [2.45, 2.75) is 6.42 Å². The van der Waals surface area contributed by atoms with Crippen LogP contribution in [0.15, 0.2) is 59.1 Å². The molecule has 0 aromatic heterocycles. The van der Waals surface area contributed by atoms with Crippen LogP contribution < -0.4 is 10.4 Å². The fraction of sp³-hybridized carbons (Fsp3) is 0.292. The van der Waals surface area contributed by atoms with Crippen LogP contribution in [0.1, 0.15) is 16.8 Å². The van der Waals surface area contributed by atoms with E-state index in [0.717, 1.165) is 60.1 Å². The Bertz CT molecular complexity index is 1100. The first-order chi connectivity index (χ1) is 15.5. The Labute approximate surface area is 206 Å². The van der Waals surface area contributed by atoms with E-state index in [2.05, 4.69) is 31.2 Å². The number of carbonyl (C=O) groups excluding carboxylic acids is 1. The Morgan fingerprint density at radius 1 is 1.03 bits per heavy atom. The van der Waals surface area contributed by atoms with Crippen LogP contribution >= 0.6 is 39.1 Å². The second kappa shape index (κ2) is 10.9. The lowest BCUT2D eigenvalue weighted by molar-refractivity contribution is 0.0276. The Balaban J connectivity index is 1.18. The number of halogens is 3. The van der Waals surface area contributed by atoms with E-state index >= 15 is 0 Å². The zero-order chi connectivity index (χ0) is 22.5. The van der Waals surface area contributed by atoms with Gasteiger partial charge in [0.05, 0.1) is 22.3 Å². The molecule has 0 unspecified atom stereocenters. The average Bonchev–Trinajstić information content (AvgIpc) is 2.81. The van der Waals surface area contributed by atoms with Gasteiger partial charge in [0.2, 0.25) is 0 Å². The monoisotopic (exact) mass is 535 g/mol. The molecule has 0 bridgehead atoms. The summed E-state index contributed by atoms with van der Waals surface area (Å²) in [4.78, 5) is 22.5. The molecular weight excluding hydrogens is 513 g/mol. The Kier molecular flexibility index (Phi) is 7.92. The Hall–Kier alpha value is -1.83. The third-order valence-corrected chi connectivity index (χ3v) is 7.07. The van der Waals surface area contributed by atoms with Crippen molar-refractivity contribution in [1.29, 1.82) is 0 Å². The standard InChI is InChI=1S/C24H24BrCl2N3O2/c25-20-16-18(15-17-5-1-2-6-19(17)20)24(31)28-32-14-4-9-29-10-12-30(13-11-29)22-8-3-7-21(26)23(22)27/h1-3,5-8,15-16H,4,9-14H2,(H,28,31). The summed E-state index contributed by atoms with van der Waals surface area (Å²) >= 11 is 16.0. The third kappa shape index (κ3) is 5.56. The van der Waals surface area contributed by atoms with Crippen molar-refractivity contribution < 1.29 is 9.63 Å². The highest BCUT2D eigenvalue weighted by molar-refractivity contribution is 9.10. The van der Waals surface area contributed by atoms with Crippen LogP contribution in [0.2, 0.25) is 10.0 Å². The smallest absolute Gasteiger partial charge is 0.274 e. The first kappa shape index (κ1) is 23.3. The molecule has 0 aliphatic carbocycles. The van der Waals surface area contributed by atoms with Gasteiger partial charge in [0.15, 0.2) is 0 Å². The van der Waals surface area contributed by atoms with Gasteiger partial charge in [0.1, 0.15) is 0 Å². The summed E-state index contributed by atoms with van der Waals surface area (Å²) in [6.45, 7) is 5.05. The molecule has 0 spiro atoms. The summed E-state index contributed by atoms with van der Waals surface area (Å²) < 4.78 is 0.888. The van der Waals surface area contributed by atoms with E-state index in [4.69, 9.17) is 28.0 Å². The van der Waals surface area contributed by atoms with Gasteiger partial charge in [-0.1, -0.05) is 69.5 Å². The predicted octanol–water partition coefficient (Wildman–Crippen LogP) is 5.78. The summed E-state index contributed by atoms with van der Waals surface area (Å²) in [5, 5.41) is 3.28.